The molecule has 23 heavy (non-hydrogen) atoms. The van der Waals surface area contributed by atoms with Crippen molar-refractivity contribution in [2.75, 3.05) is 5.75 Å². The fourth-order valence-corrected chi connectivity index (χ4v) is 2.38. The van der Waals surface area contributed by atoms with E-state index < -0.39 is 10.8 Å². The van der Waals surface area contributed by atoms with E-state index >= 15 is 0 Å². The van der Waals surface area contributed by atoms with Gasteiger partial charge < -0.3 is 0 Å². The van der Waals surface area contributed by atoms with Crippen LogP contribution in [0.25, 0.3) is 0 Å². The quantitative estimate of drug-likeness (QED) is 0.496. The first kappa shape index (κ1) is 16.5. The second-order valence-electron chi connectivity index (χ2n) is 4.41. The Bertz CT molecular complexity index is 722. The van der Waals surface area contributed by atoms with Crippen molar-refractivity contribution in [1.29, 1.82) is 0 Å². The SMILES string of the molecule is O=C(CSc1ccccc1)NNC(=O)c1cccc([N+](=O)[O-])c1. The lowest BCUT2D eigenvalue weighted by molar-refractivity contribution is -0.384. The first-order valence-electron chi connectivity index (χ1n) is 6.58. The van der Waals surface area contributed by atoms with Gasteiger partial charge in [0.05, 0.1) is 10.7 Å². The molecule has 0 unspecified atom stereocenters. The third-order valence-corrected chi connectivity index (χ3v) is 3.76. The lowest BCUT2D eigenvalue weighted by atomic mass is 10.2. The summed E-state index contributed by atoms with van der Waals surface area (Å²) in [7, 11) is 0. The van der Waals surface area contributed by atoms with Gasteiger partial charge in [-0.15, -0.1) is 11.8 Å². The van der Waals surface area contributed by atoms with E-state index in [9.17, 15) is 19.7 Å². The summed E-state index contributed by atoms with van der Waals surface area (Å²) in [5, 5.41) is 10.7. The molecule has 118 valence electrons. The molecule has 0 saturated carbocycles. The van der Waals surface area contributed by atoms with Gasteiger partial charge in [-0.25, -0.2) is 0 Å². The van der Waals surface area contributed by atoms with Crippen molar-refractivity contribution in [3.63, 3.8) is 0 Å². The Balaban J connectivity index is 1.83. The number of carbonyl (C=O) groups excluding carboxylic acids is 2. The van der Waals surface area contributed by atoms with Gasteiger partial charge in [0.15, 0.2) is 0 Å². The molecule has 0 saturated heterocycles. The maximum atomic E-state index is 11.8. The van der Waals surface area contributed by atoms with E-state index in [4.69, 9.17) is 0 Å². The zero-order valence-electron chi connectivity index (χ0n) is 11.9. The van der Waals surface area contributed by atoms with Crippen LogP contribution in [0.2, 0.25) is 0 Å². The van der Waals surface area contributed by atoms with Crippen molar-refractivity contribution in [1.82, 2.24) is 10.9 Å². The van der Waals surface area contributed by atoms with E-state index in [1.54, 1.807) is 0 Å². The maximum absolute atomic E-state index is 11.8. The molecule has 2 aromatic rings. The monoisotopic (exact) mass is 331 g/mol. The van der Waals surface area contributed by atoms with Crippen molar-refractivity contribution in [3.05, 3.63) is 70.3 Å². The number of hydrazine groups is 1. The van der Waals surface area contributed by atoms with Gasteiger partial charge in [-0.1, -0.05) is 24.3 Å². The van der Waals surface area contributed by atoms with E-state index in [0.717, 1.165) is 11.0 Å². The number of nitro benzene ring substituents is 1. The second kappa shape index (κ2) is 7.95. The largest absolute Gasteiger partial charge is 0.272 e. The average Bonchev–Trinajstić information content (AvgIpc) is 2.58. The second-order valence-corrected chi connectivity index (χ2v) is 5.46. The molecule has 0 radical (unpaired) electrons. The normalized spacial score (nSPS) is 9.91. The summed E-state index contributed by atoms with van der Waals surface area (Å²) in [6.45, 7) is 0. The number of hydrogen-bond donors (Lipinski definition) is 2. The standard InChI is InChI=1S/C15H13N3O4S/c19-14(10-23-13-7-2-1-3-8-13)16-17-15(20)11-5-4-6-12(9-11)18(21)22/h1-9H,10H2,(H,16,19)(H,17,20). The van der Waals surface area contributed by atoms with Crippen molar-refractivity contribution in [3.8, 4) is 0 Å². The first-order valence-corrected chi connectivity index (χ1v) is 7.56. The molecule has 0 aliphatic heterocycles. The van der Waals surface area contributed by atoms with Crippen LogP contribution in [-0.4, -0.2) is 22.5 Å². The van der Waals surface area contributed by atoms with Crippen LogP contribution < -0.4 is 10.9 Å². The third kappa shape index (κ3) is 5.11. The lowest BCUT2D eigenvalue weighted by Gasteiger charge is -2.07. The van der Waals surface area contributed by atoms with Crippen molar-refractivity contribution in [2.45, 2.75) is 4.90 Å². The average molecular weight is 331 g/mol. The highest BCUT2D eigenvalue weighted by molar-refractivity contribution is 8.00. The Hall–Kier alpha value is -2.87. The van der Waals surface area contributed by atoms with Crippen LogP contribution in [0.5, 0.6) is 0 Å². The van der Waals surface area contributed by atoms with Crippen LogP contribution in [0.3, 0.4) is 0 Å². The van der Waals surface area contributed by atoms with Crippen molar-refractivity contribution >= 4 is 29.3 Å². The Morgan fingerprint density at radius 2 is 1.78 bits per heavy atom. The minimum Gasteiger partial charge on any atom is -0.272 e. The molecule has 7 nitrogen and oxygen atoms in total. The van der Waals surface area contributed by atoms with Gasteiger partial charge >= 0.3 is 0 Å². The molecule has 2 amide bonds. The van der Waals surface area contributed by atoms with E-state index in [0.29, 0.717) is 0 Å². The van der Waals surface area contributed by atoms with Crippen LogP contribution in [0, 0.1) is 10.1 Å². The number of carbonyl (C=O) groups is 2. The number of rotatable bonds is 5. The molecule has 0 atom stereocenters. The van der Waals surface area contributed by atoms with Gasteiger partial charge in [0.1, 0.15) is 0 Å². The highest BCUT2D eigenvalue weighted by Gasteiger charge is 2.12. The van der Waals surface area contributed by atoms with Crippen LogP contribution in [0.15, 0.2) is 59.5 Å². The van der Waals surface area contributed by atoms with Gasteiger partial charge in [0.25, 0.3) is 11.6 Å². The molecule has 0 heterocycles. The van der Waals surface area contributed by atoms with Gasteiger partial charge in [-0.3, -0.25) is 30.6 Å². The molecular formula is C15H13N3O4S. The third-order valence-electron chi connectivity index (χ3n) is 2.75. The minimum absolute atomic E-state index is 0.0928. The van der Waals surface area contributed by atoms with Crippen LogP contribution in [0.1, 0.15) is 10.4 Å². The molecule has 2 rings (SSSR count). The Kier molecular flexibility index (Phi) is 5.70. The Morgan fingerprint density at radius 1 is 1.04 bits per heavy atom. The van der Waals surface area contributed by atoms with Gasteiger partial charge in [-0.05, 0) is 18.2 Å². The highest BCUT2D eigenvalue weighted by Crippen LogP contribution is 2.16. The number of hydrogen-bond acceptors (Lipinski definition) is 5. The molecule has 0 aliphatic carbocycles. The van der Waals surface area contributed by atoms with Crippen LogP contribution >= 0.6 is 11.8 Å². The molecule has 2 aromatic carbocycles. The zero-order chi connectivity index (χ0) is 16.7. The number of nitro groups is 1. The number of non-ortho nitro benzene ring substituents is 1. The zero-order valence-corrected chi connectivity index (χ0v) is 12.7. The number of amides is 2. The van der Waals surface area contributed by atoms with E-state index in [-0.39, 0.29) is 22.9 Å². The summed E-state index contributed by atoms with van der Waals surface area (Å²) in [6, 6.07) is 14.6. The predicted molar refractivity (Wildman–Crippen MR) is 85.9 cm³/mol. The minimum atomic E-state index is -0.619. The summed E-state index contributed by atoms with van der Waals surface area (Å²) >= 11 is 1.33. The molecule has 0 spiro atoms. The first-order chi connectivity index (χ1) is 11.1. The Morgan fingerprint density at radius 3 is 2.48 bits per heavy atom. The van der Waals surface area contributed by atoms with Crippen molar-refractivity contribution < 1.29 is 14.5 Å². The molecule has 2 N–H and O–H groups in total. The smallest absolute Gasteiger partial charge is 0.270 e. The molecule has 0 aliphatic rings. The summed E-state index contributed by atoms with van der Waals surface area (Å²) in [5.74, 6) is -0.858. The number of nitrogens with one attached hydrogen (secondary N) is 2. The van der Waals surface area contributed by atoms with E-state index in [1.807, 2.05) is 30.3 Å². The van der Waals surface area contributed by atoms with E-state index in [1.165, 1.54) is 30.0 Å². The molecular weight excluding hydrogens is 318 g/mol. The van der Waals surface area contributed by atoms with Gasteiger partial charge in [0, 0.05) is 22.6 Å². The molecule has 0 aromatic heterocycles. The summed E-state index contributed by atoms with van der Waals surface area (Å²) in [4.78, 5) is 34.5. The topological polar surface area (TPSA) is 101 Å². The van der Waals surface area contributed by atoms with E-state index in [2.05, 4.69) is 10.9 Å². The molecule has 8 heteroatoms. The molecule has 0 bridgehead atoms. The summed E-state index contributed by atoms with van der Waals surface area (Å²) in [5.41, 5.74) is 4.40. The maximum Gasteiger partial charge on any atom is 0.270 e. The predicted octanol–water partition coefficient (Wildman–Crippen LogP) is 2.15. The van der Waals surface area contributed by atoms with Gasteiger partial charge in [-0.2, -0.15) is 0 Å². The summed E-state index contributed by atoms with van der Waals surface area (Å²) in [6.07, 6.45) is 0. The Labute approximate surface area is 136 Å². The molecule has 0 fully saturated rings. The summed E-state index contributed by atoms with van der Waals surface area (Å²) < 4.78 is 0. The highest BCUT2D eigenvalue weighted by atomic mass is 32.2. The number of benzene rings is 2. The van der Waals surface area contributed by atoms with Crippen LogP contribution in [0.4, 0.5) is 5.69 Å². The van der Waals surface area contributed by atoms with Crippen molar-refractivity contribution in [2.24, 2.45) is 0 Å². The fraction of sp³-hybridized carbons (Fsp3) is 0.0667. The van der Waals surface area contributed by atoms with Crippen LogP contribution in [-0.2, 0) is 4.79 Å². The number of nitrogens with zero attached hydrogens (tertiary/aromatic N) is 1. The fourth-order valence-electron chi connectivity index (χ4n) is 1.66. The number of thioether (sulfide) groups is 1. The van der Waals surface area contributed by atoms with Gasteiger partial charge in [0.2, 0.25) is 5.91 Å². The lowest BCUT2D eigenvalue weighted by Crippen LogP contribution is -2.42.